The molecule has 0 aliphatic carbocycles. The van der Waals surface area contributed by atoms with Crippen molar-refractivity contribution >= 4 is 22.0 Å². The minimum Gasteiger partial charge on any atom is -0.444 e. The van der Waals surface area contributed by atoms with Gasteiger partial charge in [0.05, 0.1) is 0 Å². The molecule has 1 aromatic carbocycles. The molecule has 0 N–H and O–H groups in total. The lowest BCUT2D eigenvalue weighted by Gasteiger charge is -2.24. The maximum absolute atomic E-state index is 12.1. The first kappa shape index (κ1) is 15.4. The highest BCUT2D eigenvalue weighted by atomic mass is 79.9. The monoisotopic (exact) mass is 339 g/mol. The summed E-state index contributed by atoms with van der Waals surface area (Å²) in [4.78, 5) is 14.0. The lowest BCUT2D eigenvalue weighted by Crippen LogP contribution is -2.35. The van der Waals surface area contributed by atoms with E-state index in [4.69, 9.17) is 4.74 Å². The number of carbonyl (C=O) groups is 1. The van der Waals surface area contributed by atoms with Crippen LogP contribution >= 0.6 is 15.9 Å². The molecule has 1 aliphatic heterocycles. The molecular weight excluding hydrogens is 318 g/mol. The highest BCUT2D eigenvalue weighted by Crippen LogP contribution is 2.33. The van der Waals surface area contributed by atoms with Crippen molar-refractivity contribution < 1.29 is 9.53 Å². The number of nitrogens with zero attached hydrogens (tertiary/aromatic N) is 1. The largest absolute Gasteiger partial charge is 0.444 e. The SMILES string of the molecule is CC1CN(C(=O)OC(C)(C)C)CC1c1ccc(Br)cc1. The highest BCUT2D eigenvalue weighted by Gasteiger charge is 2.35. The van der Waals surface area contributed by atoms with E-state index in [2.05, 4.69) is 47.1 Å². The smallest absolute Gasteiger partial charge is 0.410 e. The molecule has 1 aromatic rings. The van der Waals surface area contributed by atoms with Gasteiger partial charge in [0.25, 0.3) is 0 Å². The lowest BCUT2D eigenvalue weighted by atomic mass is 9.90. The lowest BCUT2D eigenvalue weighted by molar-refractivity contribution is 0.0287. The Morgan fingerprint density at radius 1 is 1.25 bits per heavy atom. The summed E-state index contributed by atoms with van der Waals surface area (Å²) >= 11 is 3.45. The van der Waals surface area contributed by atoms with Crippen molar-refractivity contribution in [3.05, 3.63) is 34.3 Å². The highest BCUT2D eigenvalue weighted by molar-refractivity contribution is 9.10. The number of halogens is 1. The van der Waals surface area contributed by atoms with Crippen LogP contribution in [0.3, 0.4) is 0 Å². The predicted molar refractivity (Wildman–Crippen MR) is 83.9 cm³/mol. The van der Waals surface area contributed by atoms with Crippen molar-refractivity contribution in [1.82, 2.24) is 4.90 Å². The number of hydrogen-bond acceptors (Lipinski definition) is 2. The normalized spacial score (nSPS) is 22.9. The first-order chi connectivity index (χ1) is 9.26. The van der Waals surface area contributed by atoms with Gasteiger partial charge in [-0.25, -0.2) is 4.79 Å². The van der Waals surface area contributed by atoms with Crippen LogP contribution in [0.15, 0.2) is 28.7 Å². The maximum Gasteiger partial charge on any atom is 0.410 e. The third-order valence-corrected chi connectivity index (χ3v) is 4.09. The molecule has 0 spiro atoms. The number of amides is 1. The van der Waals surface area contributed by atoms with E-state index < -0.39 is 5.60 Å². The molecule has 0 saturated carbocycles. The molecule has 1 amide bonds. The summed E-state index contributed by atoms with van der Waals surface area (Å²) in [5, 5.41) is 0. The molecule has 3 nitrogen and oxygen atoms in total. The van der Waals surface area contributed by atoms with Gasteiger partial charge in [0.2, 0.25) is 0 Å². The van der Waals surface area contributed by atoms with Gasteiger partial charge in [0, 0.05) is 23.5 Å². The third kappa shape index (κ3) is 3.75. The maximum atomic E-state index is 12.1. The summed E-state index contributed by atoms with van der Waals surface area (Å²) < 4.78 is 6.53. The topological polar surface area (TPSA) is 29.5 Å². The van der Waals surface area contributed by atoms with Crippen LogP contribution in [0.5, 0.6) is 0 Å². The van der Waals surface area contributed by atoms with Crippen molar-refractivity contribution in [2.75, 3.05) is 13.1 Å². The Kier molecular flexibility index (Phi) is 4.43. The van der Waals surface area contributed by atoms with Gasteiger partial charge in [-0.3, -0.25) is 0 Å². The Morgan fingerprint density at radius 3 is 2.40 bits per heavy atom. The van der Waals surface area contributed by atoms with E-state index in [1.807, 2.05) is 25.7 Å². The van der Waals surface area contributed by atoms with E-state index in [1.54, 1.807) is 0 Å². The second-order valence-electron chi connectivity index (χ2n) is 6.52. The van der Waals surface area contributed by atoms with Gasteiger partial charge in [-0.05, 0) is 44.4 Å². The molecule has 0 aromatic heterocycles. The van der Waals surface area contributed by atoms with Crippen LogP contribution in [0.2, 0.25) is 0 Å². The van der Waals surface area contributed by atoms with E-state index >= 15 is 0 Å². The van der Waals surface area contributed by atoms with Gasteiger partial charge < -0.3 is 9.64 Å². The zero-order chi connectivity index (χ0) is 14.9. The fourth-order valence-corrected chi connectivity index (χ4v) is 2.85. The van der Waals surface area contributed by atoms with Crippen molar-refractivity contribution in [1.29, 1.82) is 0 Å². The number of benzene rings is 1. The van der Waals surface area contributed by atoms with Gasteiger partial charge in [0.1, 0.15) is 5.60 Å². The minimum atomic E-state index is -0.435. The van der Waals surface area contributed by atoms with Gasteiger partial charge in [-0.15, -0.1) is 0 Å². The summed E-state index contributed by atoms with van der Waals surface area (Å²) in [7, 11) is 0. The molecule has 1 saturated heterocycles. The molecule has 2 unspecified atom stereocenters. The van der Waals surface area contributed by atoms with E-state index in [0.717, 1.165) is 17.6 Å². The molecule has 0 bridgehead atoms. The van der Waals surface area contributed by atoms with Crippen LogP contribution in [0.4, 0.5) is 4.79 Å². The Morgan fingerprint density at radius 2 is 1.85 bits per heavy atom. The standard InChI is InChI=1S/C16H22BrNO2/c1-11-9-18(15(19)20-16(2,3)4)10-14(11)12-5-7-13(17)8-6-12/h5-8,11,14H,9-10H2,1-4H3. The Hall–Kier alpha value is -1.03. The third-order valence-electron chi connectivity index (χ3n) is 3.56. The molecule has 1 aliphatic rings. The summed E-state index contributed by atoms with van der Waals surface area (Å²) in [6.45, 7) is 9.38. The predicted octanol–water partition coefficient (Wildman–Crippen LogP) is 4.42. The van der Waals surface area contributed by atoms with Crippen LogP contribution < -0.4 is 0 Å². The number of likely N-dealkylation sites (tertiary alicyclic amines) is 1. The Balaban J connectivity index is 2.05. The first-order valence-electron chi connectivity index (χ1n) is 6.99. The van der Waals surface area contributed by atoms with Crippen LogP contribution in [0.25, 0.3) is 0 Å². The number of carbonyl (C=O) groups excluding carboxylic acids is 1. The zero-order valence-electron chi connectivity index (χ0n) is 12.5. The average Bonchev–Trinajstić information content (AvgIpc) is 2.70. The molecule has 20 heavy (non-hydrogen) atoms. The van der Waals surface area contributed by atoms with E-state index in [1.165, 1.54) is 5.56 Å². The van der Waals surface area contributed by atoms with Crippen LogP contribution in [-0.2, 0) is 4.74 Å². The second kappa shape index (κ2) is 5.76. The van der Waals surface area contributed by atoms with Crippen LogP contribution in [-0.4, -0.2) is 29.7 Å². The molecule has 4 heteroatoms. The van der Waals surface area contributed by atoms with Gasteiger partial charge in [0.15, 0.2) is 0 Å². The molecule has 0 radical (unpaired) electrons. The van der Waals surface area contributed by atoms with E-state index in [9.17, 15) is 4.79 Å². The number of ether oxygens (including phenoxy) is 1. The first-order valence-corrected chi connectivity index (χ1v) is 7.79. The zero-order valence-corrected chi connectivity index (χ0v) is 14.1. The van der Waals surface area contributed by atoms with Crippen LogP contribution in [0, 0.1) is 5.92 Å². The molecule has 110 valence electrons. The second-order valence-corrected chi connectivity index (χ2v) is 7.44. The molecular formula is C16H22BrNO2. The summed E-state index contributed by atoms with van der Waals surface area (Å²) in [6.07, 6.45) is -0.205. The van der Waals surface area contributed by atoms with Crippen molar-refractivity contribution in [3.8, 4) is 0 Å². The summed E-state index contributed by atoms with van der Waals surface area (Å²) in [5.41, 5.74) is 0.850. The van der Waals surface area contributed by atoms with Crippen molar-refractivity contribution in [2.45, 2.75) is 39.2 Å². The number of rotatable bonds is 1. The van der Waals surface area contributed by atoms with Crippen molar-refractivity contribution in [3.63, 3.8) is 0 Å². The van der Waals surface area contributed by atoms with Crippen LogP contribution in [0.1, 0.15) is 39.2 Å². The fourth-order valence-electron chi connectivity index (χ4n) is 2.59. The Labute approximate surface area is 129 Å². The molecule has 2 rings (SSSR count). The quantitative estimate of drug-likeness (QED) is 0.757. The molecule has 2 atom stereocenters. The summed E-state index contributed by atoms with van der Waals surface area (Å²) in [5.74, 6) is 0.833. The van der Waals surface area contributed by atoms with E-state index in [0.29, 0.717) is 11.8 Å². The average molecular weight is 340 g/mol. The molecule has 1 fully saturated rings. The Bertz CT molecular complexity index is 478. The number of hydrogen-bond donors (Lipinski definition) is 0. The van der Waals surface area contributed by atoms with Gasteiger partial charge in [-0.1, -0.05) is 35.0 Å². The summed E-state index contributed by atoms with van der Waals surface area (Å²) in [6, 6.07) is 8.37. The van der Waals surface area contributed by atoms with Gasteiger partial charge >= 0.3 is 6.09 Å². The minimum absolute atomic E-state index is 0.205. The fraction of sp³-hybridized carbons (Fsp3) is 0.562. The molecule has 1 heterocycles. The van der Waals surface area contributed by atoms with Gasteiger partial charge in [-0.2, -0.15) is 0 Å². The van der Waals surface area contributed by atoms with E-state index in [-0.39, 0.29) is 6.09 Å². The van der Waals surface area contributed by atoms with Crippen molar-refractivity contribution in [2.24, 2.45) is 5.92 Å².